The van der Waals surface area contributed by atoms with Gasteiger partial charge in [-0.1, -0.05) is 112 Å². The van der Waals surface area contributed by atoms with E-state index < -0.39 is 5.41 Å². The van der Waals surface area contributed by atoms with Crippen molar-refractivity contribution in [3.8, 4) is 5.82 Å². The largest absolute Gasteiger partial charge is 0.493 e. The average Bonchev–Trinajstić information content (AvgIpc) is 3.75. The van der Waals surface area contributed by atoms with Crippen LogP contribution in [0.25, 0.3) is 27.6 Å². The quantitative estimate of drug-likeness (QED) is 0.149. The zero-order valence-corrected chi connectivity index (χ0v) is 32.5. The third kappa shape index (κ3) is 5.86. The van der Waals surface area contributed by atoms with Gasteiger partial charge in [-0.05, 0) is 64.4 Å². The summed E-state index contributed by atoms with van der Waals surface area (Å²) in [6.07, 6.45) is 1.94. The van der Waals surface area contributed by atoms with E-state index in [9.17, 15) is 0 Å². The summed E-state index contributed by atoms with van der Waals surface area (Å²) in [5.74, 6) is 0.888. The number of rotatable bonds is 7. The van der Waals surface area contributed by atoms with Gasteiger partial charge in [0.1, 0.15) is 5.82 Å². The molecule has 0 N–H and O–H groups in total. The molecule has 4 nitrogen and oxygen atoms in total. The molecule has 2 aromatic heterocycles. The zero-order valence-electron chi connectivity index (χ0n) is 30.2. The molecule has 1 aliphatic heterocycles. The number of fused-ring (bicyclic) bond motifs is 4. The zero-order chi connectivity index (χ0) is 35.5. The Morgan fingerprint density at radius 3 is 1.98 bits per heavy atom. The molecule has 0 amide bonds. The van der Waals surface area contributed by atoms with Crippen LogP contribution in [0.1, 0.15) is 49.9 Å². The van der Waals surface area contributed by atoms with Gasteiger partial charge in [0.15, 0.2) is 0 Å². The van der Waals surface area contributed by atoms with Crippen LogP contribution in [-0.2, 0) is 31.9 Å². The summed E-state index contributed by atoms with van der Waals surface area (Å²) in [6, 6.07) is 61.4. The second-order valence-corrected chi connectivity index (χ2v) is 14.6. The van der Waals surface area contributed by atoms with E-state index >= 15 is 0 Å². The standard InChI is InChI=1S/C48H39N4.Pt/c1-47(2,34-16-7-5-8-17-34)37-28-29-49-46(32-37)52-42-23-12-11-22-40(42)41-27-26-36(31-45(41)52)48(3,4)35-18-15-21-39(30-35)51-33-50(38-19-9-6-10-20-38)43-24-13-14-25-44(43)51;/h5-29,32-33H,1-4H3;/q-3;. The number of anilines is 4. The van der Waals surface area contributed by atoms with Gasteiger partial charge in [-0.15, -0.1) is 17.7 Å². The van der Waals surface area contributed by atoms with Gasteiger partial charge in [0.2, 0.25) is 0 Å². The average molecular weight is 867 g/mol. The fraction of sp³-hybridized carbons (Fsp3) is 0.125. The Morgan fingerprint density at radius 2 is 1.21 bits per heavy atom. The summed E-state index contributed by atoms with van der Waals surface area (Å²) in [7, 11) is 0. The molecule has 264 valence electrons. The van der Waals surface area contributed by atoms with Crippen LogP contribution < -0.4 is 9.80 Å². The van der Waals surface area contributed by atoms with Crippen LogP contribution in [0, 0.1) is 18.8 Å². The van der Waals surface area contributed by atoms with Crippen molar-refractivity contribution >= 4 is 44.6 Å². The molecule has 6 aromatic carbocycles. The molecule has 0 atom stereocenters. The molecule has 5 heteroatoms. The van der Waals surface area contributed by atoms with Crippen molar-refractivity contribution in [2.75, 3.05) is 9.80 Å². The molecule has 0 saturated heterocycles. The van der Waals surface area contributed by atoms with Crippen LogP contribution >= 0.6 is 0 Å². The van der Waals surface area contributed by atoms with Gasteiger partial charge in [0, 0.05) is 55.3 Å². The smallest absolute Gasteiger partial charge is 0.135 e. The number of benzene rings is 6. The van der Waals surface area contributed by atoms with Crippen molar-refractivity contribution in [2.45, 2.75) is 38.5 Å². The first-order chi connectivity index (χ1) is 25.3. The van der Waals surface area contributed by atoms with Gasteiger partial charge in [0.05, 0.1) is 0 Å². The first-order valence-corrected chi connectivity index (χ1v) is 17.9. The minimum Gasteiger partial charge on any atom is -0.493 e. The first-order valence-electron chi connectivity index (χ1n) is 17.9. The Labute approximate surface area is 326 Å². The fourth-order valence-electron chi connectivity index (χ4n) is 7.65. The SMILES string of the molecule is CC(C)(c1[c-]c(N2[CH-]N(c3ccccc3)c3ccccc32)ccc1)c1[c-]c2c(cc1)c1ccccc1n2-c1cc(C(C)(C)c2ccccc2)ccn1.[Pt]. The van der Waals surface area contributed by atoms with E-state index in [0.717, 1.165) is 56.1 Å². The van der Waals surface area contributed by atoms with E-state index in [4.69, 9.17) is 4.98 Å². The molecule has 8 aromatic rings. The van der Waals surface area contributed by atoms with Gasteiger partial charge in [-0.25, -0.2) is 4.98 Å². The maximum absolute atomic E-state index is 4.97. The van der Waals surface area contributed by atoms with Crippen LogP contribution in [0.2, 0.25) is 0 Å². The summed E-state index contributed by atoms with van der Waals surface area (Å²) in [5.41, 5.74) is 10.6. The fourth-order valence-corrected chi connectivity index (χ4v) is 7.65. The molecule has 0 aliphatic carbocycles. The van der Waals surface area contributed by atoms with Crippen LogP contribution in [0.15, 0.2) is 158 Å². The molecule has 9 rings (SSSR count). The molecular formula is C48H39N4Pt-3. The molecule has 0 radical (unpaired) electrons. The van der Waals surface area contributed by atoms with Crippen molar-refractivity contribution in [3.63, 3.8) is 0 Å². The van der Waals surface area contributed by atoms with Gasteiger partial charge in [-0.3, -0.25) is 0 Å². The van der Waals surface area contributed by atoms with Gasteiger partial charge >= 0.3 is 0 Å². The molecule has 0 saturated carbocycles. The molecule has 3 heterocycles. The predicted octanol–water partition coefficient (Wildman–Crippen LogP) is 11.8. The van der Waals surface area contributed by atoms with Crippen LogP contribution in [0.4, 0.5) is 22.7 Å². The van der Waals surface area contributed by atoms with Gasteiger partial charge in [-0.2, -0.15) is 53.6 Å². The van der Waals surface area contributed by atoms with Crippen molar-refractivity contribution in [2.24, 2.45) is 0 Å². The second kappa shape index (κ2) is 13.5. The second-order valence-electron chi connectivity index (χ2n) is 14.6. The Morgan fingerprint density at radius 1 is 0.547 bits per heavy atom. The van der Waals surface area contributed by atoms with E-state index in [1.165, 1.54) is 16.5 Å². The number of hydrogen-bond acceptors (Lipinski definition) is 3. The van der Waals surface area contributed by atoms with E-state index in [1.807, 2.05) is 6.20 Å². The third-order valence-electron chi connectivity index (χ3n) is 10.8. The summed E-state index contributed by atoms with van der Waals surface area (Å²) >= 11 is 0. The van der Waals surface area contributed by atoms with Gasteiger partial charge in [0.25, 0.3) is 0 Å². The third-order valence-corrected chi connectivity index (χ3v) is 10.8. The van der Waals surface area contributed by atoms with Crippen molar-refractivity contribution < 1.29 is 21.1 Å². The summed E-state index contributed by atoms with van der Waals surface area (Å²) in [4.78, 5) is 9.45. The monoisotopic (exact) mass is 866 g/mol. The number of aromatic nitrogens is 2. The summed E-state index contributed by atoms with van der Waals surface area (Å²) in [5, 5.41) is 2.35. The van der Waals surface area contributed by atoms with Crippen LogP contribution in [-0.4, -0.2) is 9.55 Å². The van der Waals surface area contributed by atoms with E-state index in [2.05, 4.69) is 213 Å². The molecule has 1 aliphatic rings. The Balaban J connectivity index is 0.00000400. The van der Waals surface area contributed by atoms with Crippen molar-refractivity contribution in [1.82, 2.24) is 9.55 Å². The Bertz CT molecular complexity index is 2570. The molecule has 0 unspecified atom stereocenters. The molecule has 53 heavy (non-hydrogen) atoms. The van der Waals surface area contributed by atoms with E-state index in [0.29, 0.717) is 0 Å². The van der Waals surface area contributed by atoms with Gasteiger partial charge < -0.3 is 14.4 Å². The summed E-state index contributed by atoms with van der Waals surface area (Å²) < 4.78 is 2.28. The number of nitrogens with zero attached hydrogens (tertiary/aromatic N) is 4. The minimum atomic E-state index is -0.394. The Kier molecular flexibility index (Phi) is 8.83. The maximum atomic E-state index is 4.97. The maximum Gasteiger partial charge on any atom is 0.135 e. The predicted molar refractivity (Wildman–Crippen MR) is 215 cm³/mol. The first kappa shape index (κ1) is 34.6. The van der Waals surface area contributed by atoms with Crippen molar-refractivity contribution in [3.05, 3.63) is 199 Å². The van der Waals surface area contributed by atoms with Crippen molar-refractivity contribution in [1.29, 1.82) is 0 Å². The Hall–Kier alpha value is -5.44. The normalized spacial score (nSPS) is 13.0. The molecule has 0 bridgehead atoms. The van der Waals surface area contributed by atoms with E-state index in [-0.39, 0.29) is 26.5 Å². The minimum absolute atomic E-state index is 0. The van der Waals surface area contributed by atoms with E-state index in [1.54, 1.807) is 0 Å². The molecule has 0 spiro atoms. The van der Waals surface area contributed by atoms with Crippen LogP contribution in [0.5, 0.6) is 0 Å². The number of para-hydroxylation sites is 4. The number of hydrogen-bond donors (Lipinski definition) is 0. The summed E-state index contributed by atoms with van der Waals surface area (Å²) in [6.45, 7) is 11.3. The van der Waals surface area contributed by atoms with Crippen LogP contribution in [0.3, 0.4) is 0 Å². The molecule has 0 fully saturated rings. The topological polar surface area (TPSA) is 24.3 Å². The molecular weight excluding hydrogens is 828 g/mol. The number of pyridine rings is 1.